The van der Waals surface area contributed by atoms with Gasteiger partial charge in [-0.3, -0.25) is 0 Å². The fourth-order valence-corrected chi connectivity index (χ4v) is 3.08. The van der Waals surface area contributed by atoms with Crippen LogP contribution in [0.5, 0.6) is 0 Å². The maximum absolute atomic E-state index is 3.60. The van der Waals surface area contributed by atoms with Crippen LogP contribution in [0, 0.1) is 6.92 Å². The fraction of sp³-hybridized carbons (Fsp3) is 0.0435. The number of aryl methyl sites for hydroxylation is 1. The van der Waals surface area contributed by atoms with Gasteiger partial charge < -0.3 is 4.98 Å². The van der Waals surface area contributed by atoms with Gasteiger partial charge in [0.05, 0.1) is 0 Å². The molecule has 0 radical (unpaired) electrons. The van der Waals surface area contributed by atoms with E-state index in [1.165, 1.54) is 27.5 Å². The van der Waals surface area contributed by atoms with E-state index in [1.807, 2.05) is 0 Å². The molecule has 0 atom stereocenters. The molecule has 3 aromatic carbocycles. The molecule has 1 nitrogen and oxygen atoms in total. The summed E-state index contributed by atoms with van der Waals surface area (Å²) in [4.78, 5) is 3.60. The van der Waals surface area contributed by atoms with Crippen LogP contribution in [0.15, 0.2) is 91.0 Å². The molecule has 0 saturated carbocycles. The Kier molecular flexibility index (Phi) is 3.76. The van der Waals surface area contributed by atoms with Crippen LogP contribution in [0.25, 0.3) is 32.9 Å². The zero-order valence-electron chi connectivity index (χ0n) is 13.7. The number of rotatable bonds is 1. The Hall–Kier alpha value is -3.06. The standard InChI is InChI=1S/C23H19N/c1-17-8-7-12-19-11-5-6-13-22(19)24-23-15-14-20(16-21(17)23)18-9-3-2-4-10-18/h2-16,24H,1H3. The number of aromatic amines is 1. The van der Waals surface area contributed by atoms with Gasteiger partial charge in [0, 0.05) is 16.4 Å². The van der Waals surface area contributed by atoms with Crippen LogP contribution in [0.2, 0.25) is 0 Å². The molecule has 1 aromatic heterocycles. The second-order valence-corrected chi connectivity index (χ2v) is 6.05. The molecule has 1 N–H and O–H groups in total. The molecular weight excluding hydrogens is 290 g/mol. The molecule has 4 rings (SSSR count). The van der Waals surface area contributed by atoms with E-state index >= 15 is 0 Å². The van der Waals surface area contributed by atoms with E-state index < -0.39 is 0 Å². The molecule has 0 fully saturated rings. The summed E-state index contributed by atoms with van der Waals surface area (Å²) in [6.07, 6.45) is 0. The van der Waals surface area contributed by atoms with Crippen LogP contribution >= 0.6 is 0 Å². The molecule has 0 amide bonds. The molecule has 0 unspecified atom stereocenters. The largest absolute Gasteiger partial charge is 0.355 e. The number of aromatic nitrogens is 1. The summed E-state index contributed by atoms with van der Waals surface area (Å²) in [5, 5.41) is 2.43. The molecule has 0 aliphatic carbocycles. The Labute approximate surface area is 141 Å². The van der Waals surface area contributed by atoms with Gasteiger partial charge in [0.15, 0.2) is 0 Å². The maximum atomic E-state index is 3.60. The number of fused-ring (bicyclic) bond motifs is 2. The number of benzene rings is 3. The summed E-state index contributed by atoms with van der Waals surface area (Å²) < 4.78 is 0. The van der Waals surface area contributed by atoms with E-state index in [0.29, 0.717) is 0 Å². The lowest BCUT2D eigenvalue weighted by Crippen LogP contribution is -1.82. The third kappa shape index (κ3) is 2.77. The molecule has 0 spiro atoms. The minimum absolute atomic E-state index is 1.13. The minimum Gasteiger partial charge on any atom is -0.355 e. The Morgan fingerprint density at radius 2 is 1.33 bits per heavy atom. The molecule has 0 saturated heterocycles. The predicted octanol–water partition coefficient (Wildman–Crippen LogP) is 6.42. The van der Waals surface area contributed by atoms with E-state index in [1.54, 1.807) is 0 Å². The van der Waals surface area contributed by atoms with Gasteiger partial charge in [0.2, 0.25) is 0 Å². The van der Waals surface area contributed by atoms with Crippen molar-refractivity contribution in [3.05, 3.63) is 96.6 Å². The van der Waals surface area contributed by atoms with Crippen molar-refractivity contribution >= 4 is 21.8 Å². The first-order chi connectivity index (χ1) is 11.8. The zero-order valence-corrected chi connectivity index (χ0v) is 13.7. The van der Waals surface area contributed by atoms with Gasteiger partial charge in [-0.2, -0.15) is 0 Å². The van der Waals surface area contributed by atoms with Gasteiger partial charge in [-0.1, -0.05) is 72.8 Å². The van der Waals surface area contributed by atoms with E-state index in [4.69, 9.17) is 0 Å². The van der Waals surface area contributed by atoms with Crippen LogP contribution in [0.1, 0.15) is 5.56 Å². The van der Waals surface area contributed by atoms with Crippen molar-refractivity contribution in [2.24, 2.45) is 0 Å². The Morgan fingerprint density at radius 3 is 2.21 bits per heavy atom. The molecule has 1 heteroatoms. The highest BCUT2D eigenvalue weighted by atomic mass is 14.7. The maximum Gasteiger partial charge on any atom is 0.0461 e. The summed E-state index contributed by atoms with van der Waals surface area (Å²) in [7, 11) is 0. The summed E-state index contributed by atoms with van der Waals surface area (Å²) in [6.45, 7) is 2.16. The number of hydrogen-bond donors (Lipinski definition) is 1. The molecule has 0 aliphatic rings. The van der Waals surface area contributed by atoms with Gasteiger partial charge >= 0.3 is 0 Å². The third-order valence-corrected chi connectivity index (χ3v) is 4.40. The molecular formula is C23H19N. The number of hydrogen-bond acceptors (Lipinski definition) is 0. The molecule has 116 valence electrons. The minimum atomic E-state index is 1.13. The van der Waals surface area contributed by atoms with E-state index in [0.717, 1.165) is 11.0 Å². The molecule has 24 heavy (non-hydrogen) atoms. The van der Waals surface area contributed by atoms with Gasteiger partial charge in [0.1, 0.15) is 0 Å². The molecule has 1 heterocycles. The van der Waals surface area contributed by atoms with Gasteiger partial charge in [0.25, 0.3) is 0 Å². The number of nitrogens with one attached hydrogen (secondary N) is 1. The summed E-state index contributed by atoms with van der Waals surface area (Å²) in [5.41, 5.74) is 5.99. The van der Waals surface area contributed by atoms with Crippen molar-refractivity contribution in [2.75, 3.05) is 0 Å². The summed E-state index contributed by atoms with van der Waals surface area (Å²) in [6, 6.07) is 32.0. The fourth-order valence-electron chi connectivity index (χ4n) is 3.08. The highest BCUT2D eigenvalue weighted by molar-refractivity contribution is 5.89. The second kappa shape index (κ2) is 6.21. The number of H-pyrrole nitrogens is 1. The molecule has 0 aliphatic heterocycles. The van der Waals surface area contributed by atoms with Crippen LogP contribution in [0.4, 0.5) is 0 Å². The van der Waals surface area contributed by atoms with Crippen LogP contribution < -0.4 is 0 Å². The van der Waals surface area contributed by atoms with Gasteiger partial charge in [-0.05, 0) is 47.2 Å². The third-order valence-electron chi connectivity index (χ3n) is 4.40. The predicted molar refractivity (Wildman–Crippen MR) is 104 cm³/mol. The van der Waals surface area contributed by atoms with Crippen LogP contribution in [0.3, 0.4) is 0 Å². The summed E-state index contributed by atoms with van der Waals surface area (Å²) in [5.74, 6) is 0. The first-order valence-corrected chi connectivity index (χ1v) is 8.22. The molecule has 0 bridgehead atoms. The van der Waals surface area contributed by atoms with Crippen molar-refractivity contribution in [1.82, 2.24) is 4.98 Å². The Bertz CT molecular complexity index is 1060. The number of para-hydroxylation sites is 1. The smallest absolute Gasteiger partial charge is 0.0461 e. The van der Waals surface area contributed by atoms with Gasteiger partial charge in [-0.25, -0.2) is 0 Å². The van der Waals surface area contributed by atoms with Crippen molar-refractivity contribution in [3.63, 3.8) is 0 Å². The first kappa shape index (κ1) is 14.5. The lowest BCUT2D eigenvalue weighted by Gasteiger charge is -2.05. The lowest BCUT2D eigenvalue weighted by atomic mass is 10.0. The topological polar surface area (TPSA) is 15.8 Å². The average Bonchev–Trinajstić information content (AvgIpc) is 2.70. The second-order valence-electron chi connectivity index (χ2n) is 6.05. The van der Waals surface area contributed by atoms with Crippen LogP contribution in [-0.4, -0.2) is 4.98 Å². The van der Waals surface area contributed by atoms with Crippen molar-refractivity contribution in [3.8, 4) is 11.1 Å². The average molecular weight is 309 g/mol. The monoisotopic (exact) mass is 309 g/mol. The van der Waals surface area contributed by atoms with Crippen molar-refractivity contribution in [2.45, 2.75) is 6.92 Å². The first-order valence-electron chi connectivity index (χ1n) is 8.22. The van der Waals surface area contributed by atoms with E-state index in [9.17, 15) is 0 Å². The Morgan fingerprint density at radius 1 is 0.583 bits per heavy atom. The van der Waals surface area contributed by atoms with Crippen molar-refractivity contribution in [1.29, 1.82) is 0 Å². The van der Waals surface area contributed by atoms with Gasteiger partial charge in [-0.15, -0.1) is 0 Å². The van der Waals surface area contributed by atoms with Crippen LogP contribution in [-0.2, 0) is 0 Å². The SMILES string of the molecule is Cc1cccc2ccccc2[nH]c2ccc(-c3ccccc3)cc12. The van der Waals surface area contributed by atoms with E-state index in [2.05, 4.69) is 103 Å². The Balaban J connectivity index is 2.06. The summed E-state index contributed by atoms with van der Waals surface area (Å²) >= 11 is 0. The zero-order chi connectivity index (χ0) is 16.4. The lowest BCUT2D eigenvalue weighted by molar-refractivity contribution is 1.49. The van der Waals surface area contributed by atoms with E-state index in [-0.39, 0.29) is 0 Å². The quantitative estimate of drug-likeness (QED) is 0.417. The highest BCUT2D eigenvalue weighted by Crippen LogP contribution is 2.25. The highest BCUT2D eigenvalue weighted by Gasteiger charge is 2.01. The molecule has 4 aromatic rings. The van der Waals surface area contributed by atoms with Crippen molar-refractivity contribution < 1.29 is 0 Å². The normalized spacial score (nSPS) is 10.7.